The van der Waals surface area contributed by atoms with Crippen LogP contribution in [0.25, 0.3) is 0 Å². The molecule has 0 aliphatic heterocycles. The van der Waals surface area contributed by atoms with Crippen LogP contribution in [0.15, 0.2) is 48.5 Å². The maximum atomic E-state index is 12.4. The van der Waals surface area contributed by atoms with E-state index in [1.807, 2.05) is 50.2 Å². The Hall–Kier alpha value is -2.82. The lowest BCUT2D eigenvalue weighted by Gasteiger charge is -2.22. The molecule has 0 unspecified atom stereocenters. The Morgan fingerprint density at radius 2 is 1.64 bits per heavy atom. The van der Waals surface area contributed by atoms with Crippen LogP contribution in [0, 0.1) is 13.8 Å². The fraction of sp³-hybridized carbons (Fsp3) is 0.300. The van der Waals surface area contributed by atoms with Gasteiger partial charge in [0.15, 0.2) is 6.10 Å². The van der Waals surface area contributed by atoms with Crippen LogP contribution in [-0.4, -0.2) is 36.4 Å². The first-order valence-electron chi connectivity index (χ1n) is 8.21. The lowest BCUT2D eigenvalue weighted by atomic mass is 10.1. The van der Waals surface area contributed by atoms with Gasteiger partial charge < -0.3 is 15.0 Å². The summed E-state index contributed by atoms with van der Waals surface area (Å²) in [5.41, 5.74) is 2.77. The third kappa shape index (κ3) is 5.08. The van der Waals surface area contributed by atoms with Gasteiger partial charge in [-0.1, -0.05) is 36.4 Å². The molecule has 5 nitrogen and oxygen atoms in total. The highest BCUT2D eigenvalue weighted by Crippen LogP contribution is 2.19. The Morgan fingerprint density at radius 1 is 1.04 bits per heavy atom. The van der Waals surface area contributed by atoms with Crippen LogP contribution in [0.3, 0.4) is 0 Å². The molecule has 0 spiro atoms. The summed E-state index contributed by atoms with van der Waals surface area (Å²) in [6.45, 7) is 5.52. The van der Waals surface area contributed by atoms with Gasteiger partial charge in [-0.25, -0.2) is 0 Å². The zero-order valence-corrected chi connectivity index (χ0v) is 15.1. The quantitative estimate of drug-likeness (QED) is 0.879. The summed E-state index contributed by atoms with van der Waals surface area (Å²) in [5, 5.41) is 2.88. The van der Waals surface area contributed by atoms with E-state index in [1.54, 1.807) is 26.1 Å². The topological polar surface area (TPSA) is 58.6 Å². The summed E-state index contributed by atoms with van der Waals surface area (Å²) >= 11 is 0. The van der Waals surface area contributed by atoms with Crippen molar-refractivity contribution in [2.75, 3.05) is 18.9 Å². The molecule has 0 saturated carbocycles. The van der Waals surface area contributed by atoms with Crippen molar-refractivity contribution in [2.24, 2.45) is 0 Å². The Balaban J connectivity index is 1.92. The molecule has 5 heteroatoms. The Kier molecular flexibility index (Phi) is 6.17. The largest absolute Gasteiger partial charge is 0.481 e. The molecule has 0 aliphatic rings. The van der Waals surface area contributed by atoms with Crippen LogP contribution in [0.1, 0.15) is 18.1 Å². The second-order valence-corrected chi connectivity index (χ2v) is 6.08. The maximum absolute atomic E-state index is 12.4. The SMILES string of the molecule is Cc1cccc(C)c1NC(=O)CN(C)C(=O)[C@@H](C)Oc1ccccc1. The highest BCUT2D eigenvalue weighted by Gasteiger charge is 2.21. The number of carbonyl (C=O) groups is 2. The summed E-state index contributed by atoms with van der Waals surface area (Å²) in [6.07, 6.45) is -0.666. The number of hydrogen-bond acceptors (Lipinski definition) is 3. The van der Waals surface area contributed by atoms with Gasteiger partial charge in [0.05, 0.1) is 6.54 Å². The zero-order valence-electron chi connectivity index (χ0n) is 15.1. The molecule has 0 radical (unpaired) electrons. The minimum Gasteiger partial charge on any atom is -0.481 e. The molecule has 1 atom stereocenters. The molecule has 2 aromatic carbocycles. The second kappa shape index (κ2) is 8.33. The predicted octanol–water partition coefficient (Wildman–Crippen LogP) is 3.17. The van der Waals surface area contributed by atoms with Crippen molar-refractivity contribution in [1.82, 2.24) is 4.90 Å². The average Bonchev–Trinajstić information content (AvgIpc) is 2.58. The second-order valence-electron chi connectivity index (χ2n) is 6.08. The highest BCUT2D eigenvalue weighted by atomic mass is 16.5. The van der Waals surface area contributed by atoms with Crippen LogP contribution in [-0.2, 0) is 9.59 Å². The van der Waals surface area contributed by atoms with Crippen LogP contribution in [0.2, 0.25) is 0 Å². The molecule has 0 heterocycles. The lowest BCUT2D eigenvalue weighted by molar-refractivity contribution is -0.139. The molecule has 0 saturated heterocycles. The number of likely N-dealkylation sites (N-methyl/N-ethyl adjacent to an activating group) is 1. The van der Waals surface area contributed by atoms with E-state index >= 15 is 0 Å². The van der Waals surface area contributed by atoms with Crippen molar-refractivity contribution in [3.8, 4) is 5.75 Å². The first-order valence-corrected chi connectivity index (χ1v) is 8.21. The molecule has 2 aromatic rings. The van der Waals surface area contributed by atoms with Crippen LogP contribution in [0.4, 0.5) is 5.69 Å². The Morgan fingerprint density at radius 3 is 2.24 bits per heavy atom. The molecule has 25 heavy (non-hydrogen) atoms. The number of aryl methyl sites for hydroxylation is 2. The van der Waals surface area contributed by atoms with Gasteiger partial charge in [0.2, 0.25) is 5.91 Å². The number of carbonyl (C=O) groups excluding carboxylic acids is 2. The molecule has 132 valence electrons. The number of nitrogens with zero attached hydrogens (tertiary/aromatic N) is 1. The summed E-state index contributed by atoms with van der Waals surface area (Å²) in [4.78, 5) is 26.0. The average molecular weight is 340 g/mol. The van der Waals surface area contributed by atoms with Gasteiger partial charge in [-0.05, 0) is 44.0 Å². The smallest absolute Gasteiger partial charge is 0.263 e. The number of amides is 2. The fourth-order valence-corrected chi connectivity index (χ4v) is 2.55. The number of nitrogens with one attached hydrogen (secondary N) is 1. The first-order chi connectivity index (χ1) is 11.9. The number of anilines is 1. The molecule has 1 N–H and O–H groups in total. The van der Waals surface area contributed by atoms with Crippen molar-refractivity contribution in [1.29, 1.82) is 0 Å². The monoisotopic (exact) mass is 340 g/mol. The third-order valence-corrected chi connectivity index (χ3v) is 3.91. The lowest BCUT2D eigenvalue weighted by Crippen LogP contribution is -2.42. The van der Waals surface area contributed by atoms with Gasteiger partial charge in [0.1, 0.15) is 5.75 Å². The molecule has 0 fully saturated rings. The fourth-order valence-electron chi connectivity index (χ4n) is 2.55. The molecular formula is C20H24N2O3. The molecule has 0 bridgehead atoms. The molecular weight excluding hydrogens is 316 g/mol. The first kappa shape index (κ1) is 18.5. The van der Waals surface area contributed by atoms with E-state index in [1.165, 1.54) is 4.90 Å². The van der Waals surface area contributed by atoms with Gasteiger partial charge >= 0.3 is 0 Å². The summed E-state index contributed by atoms with van der Waals surface area (Å²) < 4.78 is 5.61. The van der Waals surface area contributed by atoms with E-state index in [-0.39, 0.29) is 18.4 Å². The van der Waals surface area contributed by atoms with E-state index in [0.717, 1.165) is 16.8 Å². The normalized spacial score (nSPS) is 11.5. The van der Waals surface area contributed by atoms with Crippen molar-refractivity contribution in [3.63, 3.8) is 0 Å². The summed E-state index contributed by atoms with van der Waals surface area (Å²) in [5.74, 6) is 0.136. The van der Waals surface area contributed by atoms with Crippen molar-refractivity contribution < 1.29 is 14.3 Å². The molecule has 2 amide bonds. The van der Waals surface area contributed by atoms with Crippen molar-refractivity contribution in [3.05, 3.63) is 59.7 Å². The van der Waals surface area contributed by atoms with E-state index in [9.17, 15) is 9.59 Å². The number of benzene rings is 2. The molecule has 0 aliphatic carbocycles. The van der Waals surface area contributed by atoms with Crippen LogP contribution in [0.5, 0.6) is 5.75 Å². The maximum Gasteiger partial charge on any atom is 0.263 e. The predicted molar refractivity (Wildman–Crippen MR) is 98.7 cm³/mol. The number of para-hydroxylation sites is 2. The van der Waals surface area contributed by atoms with Gasteiger partial charge in [0.25, 0.3) is 5.91 Å². The Bertz CT molecular complexity index is 724. The van der Waals surface area contributed by atoms with Gasteiger partial charge in [-0.15, -0.1) is 0 Å². The Labute approximate surface area is 148 Å². The minimum atomic E-state index is -0.666. The summed E-state index contributed by atoms with van der Waals surface area (Å²) in [7, 11) is 1.59. The van der Waals surface area contributed by atoms with Gasteiger partial charge in [0, 0.05) is 12.7 Å². The standard InChI is InChI=1S/C20H24N2O3/c1-14-9-8-10-15(2)19(14)21-18(23)13-22(4)20(24)16(3)25-17-11-6-5-7-12-17/h5-12,16H,13H2,1-4H3,(H,21,23)/t16-/m1/s1. The molecule has 0 aromatic heterocycles. The number of rotatable bonds is 6. The van der Waals surface area contributed by atoms with Gasteiger partial charge in [-0.3, -0.25) is 9.59 Å². The van der Waals surface area contributed by atoms with Gasteiger partial charge in [-0.2, -0.15) is 0 Å². The van der Waals surface area contributed by atoms with E-state index in [4.69, 9.17) is 4.74 Å². The van der Waals surface area contributed by atoms with E-state index < -0.39 is 6.10 Å². The number of ether oxygens (including phenoxy) is 1. The van der Waals surface area contributed by atoms with Crippen molar-refractivity contribution in [2.45, 2.75) is 26.9 Å². The van der Waals surface area contributed by atoms with E-state index in [2.05, 4.69) is 5.32 Å². The van der Waals surface area contributed by atoms with Crippen molar-refractivity contribution >= 4 is 17.5 Å². The highest BCUT2D eigenvalue weighted by molar-refractivity contribution is 5.96. The number of hydrogen-bond donors (Lipinski definition) is 1. The summed E-state index contributed by atoms with van der Waals surface area (Å²) in [6, 6.07) is 15.0. The van der Waals surface area contributed by atoms with Crippen LogP contribution >= 0.6 is 0 Å². The zero-order chi connectivity index (χ0) is 18.4. The minimum absolute atomic E-state index is 0.0326. The van der Waals surface area contributed by atoms with Crippen LogP contribution < -0.4 is 10.1 Å². The van der Waals surface area contributed by atoms with E-state index in [0.29, 0.717) is 5.75 Å². The molecule has 2 rings (SSSR count). The third-order valence-electron chi connectivity index (χ3n) is 3.91.